The second kappa shape index (κ2) is 11.1. The van der Waals surface area contributed by atoms with Crippen LogP contribution in [0.25, 0.3) is 11.2 Å². The lowest BCUT2D eigenvalue weighted by Crippen LogP contribution is -2.44. The van der Waals surface area contributed by atoms with Crippen LogP contribution < -0.4 is 25.7 Å². The van der Waals surface area contributed by atoms with E-state index in [4.69, 9.17) is 31.8 Å². The van der Waals surface area contributed by atoms with Gasteiger partial charge in [-0.15, -0.1) is 0 Å². The van der Waals surface area contributed by atoms with Crippen LogP contribution in [0.15, 0.2) is 53.3 Å². The number of halogens is 2. The molecule has 0 spiro atoms. The smallest absolute Gasteiger partial charge is 0.306 e. The summed E-state index contributed by atoms with van der Waals surface area (Å²) in [5, 5.41) is 0.610. The van der Waals surface area contributed by atoms with E-state index in [1.54, 1.807) is 25.2 Å². The van der Waals surface area contributed by atoms with Gasteiger partial charge in [0.2, 0.25) is 5.95 Å². The summed E-state index contributed by atoms with van der Waals surface area (Å²) in [5.74, 6) is 1.94. The normalized spacial score (nSPS) is 20.9. The first-order valence-electron chi connectivity index (χ1n) is 13.6. The summed E-state index contributed by atoms with van der Waals surface area (Å²) in [6.07, 6.45) is 2.24. The average Bonchev–Trinajstić information content (AvgIpc) is 3.28. The minimum Gasteiger partial charge on any atom is -0.493 e. The number of anilines is 1. The summed E-state index contributed by atoms with van der Waals surface area (Å²) >= 11 is 6.50. The molecule has 1 aliphatic heterocycles. The fraction of sp³-hybridized carbons (Fsp3) is 0.414. The highest BCUT2D eigenvalue weighted by atomic mass is 35.5. The fourth-order valence-electron chi connectivity index (χ4n) is 5.34. The molecular weight excluding hydrogens is 535 g/mol. The van der Waals surface area contributed by atoms with Gasteiger partial charge >= 0.3 is 6.01 Å². The molecule has 11 heteroatoms. The van der Waals surface area contributed by atoms with E-state index in [2.05, 4.69) is 9.88 Å². The number of piperidine rings is 1. The SMILES string of the molecule is Cn1c(Oc2cccc(OCC3CC(F)C3)c2)nc2nc(N3CCC[C@@H](N)C3)n(Cc3ccccc3Cl)c2c1=O. The molecule has 0 unspecified atom stereocenters. The maximum Gasteiger partial charge on any atom is 0.306 e. The molecule has 9 nitrogen and oxygen atoms in total. The molecular formula is C29H32ClFN6O3. The van der Waals surface area contributed by atoms with E-state index < -0.39 is 6.17 Å². The molecule has 1 aliphatic carbocycles. The van der Waals surface area contributed by atoms with Crippen molar-refractivity contribution in [2.24, 2.45) is 18.7 Å². The van der Waals surface area contributed by atoms with E-state index in [0.717, 1.165) is 24.9 Å². The van der Waals surface area contributed by atoms with Gasteiger partial charge in [0.25, 0.3) is 5.56 Å². The summed E-state index contributed by atoms with van der Waals surface area (Å²) < 4.78 is 28.3. The van der Waals surface area contributed by atoms with Gasteiger partial charge in [-0.3, -0.25) is 13.9 Å². The van der Waals surface area contributed by atoms with Crippen molar-refractivity contribution in [3.05, 3.63) is 69.5 Å². The van der Waals surface area contributed by atoms with Gasteiger partial charge < -0.3 is 20.1 Å². The van der Waals surface area contributed by atoms with Crippen molar-refractivity contribution in [2.45, 2.75) is 44.4 Å². The van der Waals surface area contributed by atoms with Crippen LogP contribution in [0.3, 0.4) is 0 Å². The van der Waals surface area contributed by atoms with Gasteiger partial charge in [-0.2, -0.15) is 9.97 Å². The Bertz CT molecular complexity index is 1580. The van der Waals surface area contributed by atoms with Gasteiger partial charge in [0.05, 0.1) is 13.2 Å². The molecule has 2 aromatic heterocycles. The predicted octanol–water partition coefficient (Wildman–Crippen LogP) is 4.68. The van der Waals surface area contributed by atoms with Crippen molar-refractivity contribution in [3.8, 4) is 17.5 Å². The number of imidazole rings is 1. The highest BCUT2D eigenvalue weighted by molar-refractivity contribution is 6.31. The molecule has 210 valence electrons. The highest BCUT2D eigenvalue weighted by Crippen LogP contribution is 2.32. The first-order valence-corrected chi connectivity index (χ1v) is 14.0. The first-order chi connectivity index (χ1) is 19.4. The lowest BCUT2D eigenvalue weighted by atomic mass is 9.84. The molecule has 0 radical (unpaired) electrons. The summed E-state index contributed by atoms with van der Waals surface area (Å²) in [5.41, 5.74) is 7.53. The van der Waals surface area contributed by atoms with E-state index in [-0.39, 0.29) is 29.2 Å². The molecule has 4 aromatic rings. The van der Waals surface area contributed by atoms with Crippen LogP contribution in [0.5, 0.6) is 17.5 Å². The molecule has 2 aromatic carbocycles. The standard InChI is InChI=1S/C29H32ClFN6O3/c1-35-27(38)25-26(34-29(35)40-23-9-4-8-22(14-23)39-17-18-12-20(31)13-18)33-28(36-11-5-7-21(32)16-36)37(25)15-19-6-2-3-10-24(19)30/h2-4,6,8-10,14,18,20-21H,5,7,11-13,15-17,32H2,1H3/t18?,20?,21-/m1/s1. The number of benzene rings is 2. The number of ether oxygens (including phenoxy) is 2. The van der Waals surface area contributed by atoms with Crippen molar-refractivity contribution in [1.29, 1.82) is 0 Å². The summed E-state index contributed by atoms with van der Waals surface area (Å²) in [6.45, 7) is 2.23. The summed E-state index contributed by atoms with van der Waals surface area (Å²) in [4.78, 5) is 25.3. The molecule has 1 saturated heterocycles. The van der Waals surface area contributed by atoms with Gasteiger partial charge in [-0.05, 0) is 55.4 Å². The molecule has 1 saturated carbocycles. The van der Waals surface area contributed by atoms with Gasteiger partial charge in [0.15, 0.2) is 11.2 Å². The molecule has 1 atom stereocenters. The van der Waals surface area contributed by atoms with Crippen LogP contribution in [0.2, 0.25) is 5.02 Å². The zero-order valence-electron chi connectivity index (χ0n) is 22.3. The van der Waals surface area contributed by atoms with Crippen molar-refractivity contribution < 1.29 is 13.9 Å². The van der Waals surface area contributed by atoms with E-state index >= 15 is 0 Å². The number of nitrogens with two attached hydrogens (primary N) is 1. The first kappa shape index (κ1) is 26.6. The molecule has 40 heavy (non-hydrogen) atoms. The van der Waals surface area contributed by atoms with Crippen molar-refractivity contribution in [2.75, 3.05) is 24.6 Å². The topological polar surface area (TPSA) is 100 Å². The zero-order valence-corrected chi connectivity index (χ0v) is 23.1. The van der Waals surface area contributed by atoms with Crippen molar-refractivity contribution >= 4 is 28.7 Å². The largest absolute Gasteiger partial charge is 0.493 e. The van der Waals surface area contributed by atoms with E-state index in [1.807, 2.05) is 34.9 Å². The lowest BCUT2D eigenvalue weighted by Gasteiger charge is -2.31. The molecule has 2 aliphatic rings. The summed E-state index contributed by atoms with van der Waals surface area (Å²) in [6, 6.07) is 14.8. The quantitative estimate of drug-likeness (QED) is 0.330. The number of hydrogen-bond acceptors (Lipinski definition) is 7. The minimum atomic E-state index is -0.717. The third kappa shape index (κ3) is 5.38. The molecule has 2 fully saturated rings. The van der Waals surface area contributed by atoms with Crippen molar-refractivity contribution in [1.82, 2.24) is 19.1 Å². The van der Waals surface area contributed by atoms with Gasteiger partial charge in [-0.25, -0.2) is 4.39 Å². The zero-order chi connectivity index (χ0) is 27.8. The predicted molar refractivity (Wildman–Crippen MR) is 152 cm³/mol. The monoisotopic (exact) mass is 566 g/mol. The lowest BCUT2D eigenvalue weighted by molar-refractivity contribution is 0.0860. The Hall–Kier alpha value is -3.63. The molecule has 0 bridgehead atoms. The van der Waals surface area contributed by atoms with Gasteiger partial charge in [0, 0.05) is 37.3 Å². The third-order valence-electron chi connectivity index (χ3n) is 7.63. The maximum atomic E-state index is 13.8. The Kier molecular flexibility index (Phi) is 7.37. The van der Waals surface area contributed by atoms with Crippen LogP contribution in [0, 0.1) is 5.92 Å². The second-order valence-corrected chi connectivity index (χ2v) is 11.1. The van der Waals surface area contributed by atoms with Crippen molar-refractivity contribution in [3.63, 3.8) is 0 Å². The minimum absolute atomic E-state index is 0.0224. The van der Waals surface area contributed by atoms with E-state index in [0.29, 0.717) is 60.5 Å². The van der Waals surface area contributed by atoms with Gasteiger partial charge in [0.1, 0.15) is 17.7 Å². The van der Waals surface area contributed by atoms with Crippen LogP contribution in [-0.4, -0.2) is 51.0 Å². The second-order valence-electron chi connectivity index (χ2n) is 10.7. The Morgan fingerprint density at radius 3 is 2.70 bits per heavy atom. The van der Waals surface area contributed by atoms with Crippen LogP contribution in [0.1, 0.15) is 31.2 Å². The Labute approximate surface area is 236 Å². The average molecular weight is 567 g/mol. The molecule has 6 rings (SSSR count). The number of rotatable bonds is 8. The molecule has 0 amide bonds. The highest BCUT2D eigenvalue weighted by Gasteiger charge is 2.29. The summed E-state index contributed by atoms with van der Waals surface area (Å²) in [7, 11) is 1.62. The fourth-order valence-corrected chi connectivity index (χ4v) is 5.53. The number of fused-ring (bicyclic) bond motifs is 1. The third-order valence-corrected chi connectivity index (χ3v) is 8.00. The van der Waals surface area contributed by atoms with Gasteiger partial charge in [-0.1, -0.05) is 35.9 Å². The molecule has 2 N–H and O–H groups in total. The van der Waals surface area contributed by atoms with E-state index in [9.17, 15) is 9.18 Å². The number of hydrogen-bond donors (Lipinski definition) is 1. The van der Waals surface area contributed by atoms with E-state index in [1.165, 1.54) is 4.57 Å². The van der Waals surface area contributed by atoms with Crippen LogP contribution >= 0.6 is 11.6 Å². The van der Waals surface area contributed by atoms with Crippen LogP contribution in [0.4, 0.5) is 10.3 Å². The Balaban J connectivity index is 1.34. The van der Waals surface area contributed by atoms with Crippen LogP contribution in [-0.2, 0) is 13.6 Å². The number of aromatic nitrogens is 4. The Morgan fingerprint density at radius 1 is 1.12 bits per heavy atom. The maximum absolute atomic E-state index is 13.8. The Morgan fingerprint density at radius 2 is 1.93 bits per heavy atom. The molecule has 3 heterocycles. The number of alkyl halides is 1. The number of nitrogens with zero attached hydrogens (tertiary/aromatic N) is 5.